The summed E-state index contributed by atoms with van der Waals surface area (Å²) in [6, 6.07) is 0. The van der Waals surface area contributed by atoms with Crippen LogP contribution >= 0.6 is 0 Å². The topological polar surface area (TPSA) is 132 Å². The van der Waals surface area contributed by atoms with Gasteiger partial charge in [-0.05, 0) is 27.7 Å². The van der Waals surface area contributed by atoms with E-state index < -0.39 is 17.9 Å². The number of aliphatic hydroxyl groups is 1. The molecule has 0 aromatic carbocycles. The molecule has 0 atom stereocenters. The van der Waals surface area contributed by atoms with Crippen molar-refractivity contribution in [2.45, 2.75) is 27.7 Å². The summed E-state index contributed by atoms with van der Waals surface area (Å²) in [5.74, 6) is -2.81. The second-order valence-electron chi connectivity index (χ2n) is 4.39. The molecular weight excluding hydrogens is 328 g/mol. The van der Waals surface area contributed by atoms with E-state index in [2.05, 4.69) is 19.7 Å². The van der Waals surface area contributed by atoms with Gasteiger partial charge in [-0.3, -0.25) is 0 Å². The number of hydrogen-bond acceptors (Lipinski definition) is 4. The van der Waals surface area contributed by atoms with Gasteiger partial charge >= 0.3 is 17.9 Å². The highest BCUT2D eigenvalue weighted by Gasteiger charge is 1.91. The van der Waals surface area contributed by atoms with Gasteiger partial charge in [-0.1, -0.05) is 44.0 Å². The van der Waals surface area contributed by atoms with Crippen LogP contribution in [0, 0.1) is 0 Å². The molecule has 0 rings (SSSR count). The molecular formula is C18H28O7. The number of rotatable bonds is 5. The number of carboxylic acid groups (broad SMARTS) is 3. The smallest absolute Gasteiger partial charge is 0.330 e. The van der Waals surface area contributed by atoms with E-state index in [1.165, 1.54) is 20.8 Å². The lowest BCUT2D eigenvalue weighted by atomic mass is 10.4. The van der Waals surface area contributed by atoms with E-state index in [4.69, 9.17) is 20.4 Å². The lowest BCUT2D eigenvalue weighted by Gasteiger charge is -1.79. The highest BCUT2D eigenvalue weighted by Crippen LogP contribution is 1.82. The number of carboxylic acids is 3. The van der Waals surface area contributed by atoms with Crippen LogP contribution in [-0.2, 0) is 14.4 Å². The summed E-state index contributed by atoms with van der Waals surface area (Å²) in [7, 11) is 0. The van der Waals surface area contributed by atoms with Crippen LogP contribution in [0.15, 0.2) is 60.8 Å². The minimum absolute atomic E-state index is 0.129. The van der Waals surface area contributed by atoms with Crippen molar-refractivity contribution in [2.24, 2.45) is 0 Å². The van der Waals surface area contributed by atoms with Crippen LogP contribution in [0.4, 0.5) is 0 Å². The van der Waals surface area contributed by atoms with E-state index in [0.717, 1.165) is 0 Å². The van der Waals surface area contributed by atoms with E-state index in [0.29, 0.717) is 0 Å². The van der Waals surface area contributed by atoms with Crippen LogP contribution in [0.3, 0.4) is 0 Å². The molecule has 0 aromatic rings. The Labute approximate surface area is 148 Å². The van der Waals surface area contributed by atoms with Gasteiger partial charge in [0.2, 0.25) is 0 Å². The van der Waals surface area contributed by atoms with Crippen molar-refractivity contribution in [1.82, 2.24) is 0 Å². The zero-order chi connectivity index (χ0) is 21.0. The number of carbonyl (C=O) groups is 3. The maximum absolute atomic E-state index is 9.60. The maximum Gasteiger partial charge on any atom is 0.330 e. The summed E-state index contributed by atoms with van der Waals surface area (Å²) in [4.78, 5) is 28.8. The predicted molar refractivity (Wildman–Crippen MR) is 98.4 cm³/mol. The summed E-state index contributed by atoms with van der Waals surface area (Å²) in [6.07, 6.45) is 7.27. The van der Waals surface area contributed by atoms with Gasteiger partial charge in [-0.2, -0.15) is 0 Å². The van der Waals surface area contributed by atoms with Crippen LogP contribution in [0.2, 0.25) is 0 Å². The second kappa shape index (κ2) is 21.1. The Hall–Kier alpha value is -2.93. The van der Waals surface area contributed by atoms with Gasteiger partial charge in [-0.25, -0.2) is 14.4 Å². The Morgan fingerprint density at radius 1 is 0.760 bits per heavy atom. The molecule has 0 unspecified atom stereocenters. The molecule has 0 radical (unpaired) electrons. The zero-order valence-corrected chi connectivity index (χ0v) is 15.2. The zero-order valence-electron chi connectivity index (χ0n) is 15.2. The maximum atomic E-state index is 9.60. The SMILES string of the molecule is C/C=C/C=C/CO.C=C(C)C(=O)O.C=C(C)C(=O)O.C=C(C)C(=O)O. The van der Waals surface area contributed by atoms with Crippen molar-refractivity contribution in [3.05, 3.63) is 60.8 Å². The summed E-state index contributed by atoms with van der Waals surface area (Å²) in [5, 5.41) is 31.8. The van der Waals surface area contributed by atoms with E-state index in [-0.39, 0.29) is 23.3 Å². The quantitative estimate of drug-likeness (QED) is 0.439. The molecule has 0 spiro atoms. The normalized spacial score (nSPS) is 8.68. The third kappa shape index (κ3) is 44.9. The Bertz CT molecular complexity index is 418. The second-order valence-corrected chi connectivity index (χ2v) is 4.39. The molecule has 0 bridgehead atoms. The molecule has 25 heavy (non-hydrogen) atoms. The van der Waals surface area contributed by atoms with Gasteiger partial charge in [0.1, 0.15) is 0 Å². The van der Waals surface area contributed by atoms with Gasteiger partial charge in [0, 0.05) is 16.7 Å². The fourth-order valence-corrected chi connectivity index (χ4v) is 0.251. The number of aliphatic carboxylic acids is 3. The average Bonchev–Trinajstić information content (AvgIpc) is 2.49. The standard InChI is InChI=1S/C6H10O.3C4H6O2/c1-2-3-4-5-6-7;3*1-3(2)4(5)6/h2-5,7H,6H2,1H3;3*1H2,2H3,(H,5,6)/b3-2+,5-4+;;;. The molecule has 0 aromatic heterocycles. The molecule has 7 nitrogen and oxygen atoms in total. The minimum Gasteiger partial charge on any atom is -0.478 e. The summed E-state index contributed by atoms with van der Waals surface area (Å²) in [5.41, 5.74) is 0.528. The first-order valence-corrected chi connectivity index (χ1v) is 6.90. The van der Waals surface area contributed by atoms with E-state index in [1.807, 2.05) is 19.1 Å². The number of aliphatic hydroxyl groups excluding tert-OH is 1. The summed E-state index contributed by atoms with van der Waals surface area (Å²) >= 11 is 0. The Morgan fingerprint density at radius 3 is 1.12 bits per heavy atom. The molecule has 0 fully saturated rings. The van der Waals surface area contributed by atoms with Crippen molar-refractivity contribution in [3.8, 4) is 0 Å². The largest absolute Gasteiger partial charge is 0.478 e. The van der Waals surface area contributed by atoms with Crippen LogP contribution in [0.1, 0.15) is 27.7 Å². The molecule has 0 saturated carbocycles. The lowest BCUT2D eigenvalue weighted by Crippen LogP contribution is -1.92. The lowest BCUT2D eigenvalue weighted by molar-refractivity contribution is -0.133. The molecule has 4 N–H and O–H groups in total. The van der Waals surface area contributed by atoms with E-state index in [9.17, 15) is 14.4 Å². The Morgan fingerprint density at radius 2 is 1.00 bits per heavy atom. The highest BCUT2D eigenvalue weighted by molar-refractivity contribution is 5.85. The van der Waals surface area contributed by atoms with Gasteiger partial charge in [0.15, 0.2) is 0 Å². The van der Waals surface area contributed by atoms with Crippen LogP contribution in [0.5, 0.6) is 0 Å². The Kier molecular flexibility index (Phi) is 25.3. The number of allylic oxidation sites excluding steroid dienone is 3. The first-order chi connectivity index (χ1) is 11.3. The summed E-state index contributed by atoms with van der Waals surface area (Å²) in [6.45, 7) is 15.9. The molecule has 0 heterocycles. The number of hydrogen-bond donors (Lipinski definition) is 4. The molecule has 7 heteroatoms. The first kappa shape index (κ1) is 30.0. The molecule has 0 amide bonds. The van der Waals surface area contributed by atoms with Crippen LogP contribution < -0.4 is 0 Å². The predicted octanol–water partition coefficient (Wildman–Crippen LogP) is 3.05. The van der Waals surface area contributed by atoms with Crippen molar-refractivity contribution in [2.75, 3.05) is 6.61 Å². The van der Waals surface area contributed by atoms with Crippen molar-refractivity contribution in [1.29, 1.82) is 0 Å². The van der Waals surface area contributed by atoms with E-state index in [1.54, 1.807) is 12.2 Å². The monoisotopic (exact) mass is 356 g/mol. The average molecular weight is 356 g/mol. The third-order valence-corrected chi connectivity index (χ3v) is 1.64. The Balaban J connectivity index is -0.000000118. The van der Waals surface area contributed by atoms with Crippen LogP contribution in [-0.4, -0.2) is 44.9 Å². The first-order valence-electron chi connectivity index (χ1n) is 6.90. The van der Waals surface area contributed by atoms with Crippen molar-refractivity contribution in [3.63, 3.8) is 0 Å². The molecule has 0 saturated heterocycles. The summed E-state index contributed by atoms with van der Waals surface area (Å²) < 4.78 is 0. The highest BCUT2D eigenvalue weighted by atomic mass is 16.4. The molecule has 142 valence electrons. The van der Waals surface area contributed by atoms with Crippen LogP contribution in [0.25, 0.3) is 0 Å². The third-order valence-electron chi connectivity index (χ3n) is 1.64. The van der Waals surface area contributed by atoms with Crippen molar-refractivity contribution < 1.29 is 34.8 Å². The minimum atomic E-state index is -0.935. The fourth-order valence-electron chi connectivity index (χ4n) is 0.251. The molecule has 0 aliphatic carbocycles. The van der Waals surface area contributed by atoms with Gasteiger partial charge < -0.3 is 20.4 Å². The van der Waals surface area contributed by atoms with E-state index >= 15 is 0 Å². The molecule has 0 aliphatic rings. The van der Waals surface area contributed by atoms with Gasteiger partial charge in [-0.15, -0.1) is 0 Å². The molecule has 0 aliphatic heterocycles. The van der Waals surface area contributed by atoms with Gasteiger partial charge in [0.25, 0.3) is 0 Å². The van der Waals surface area contributed by atoms with Crippen molar-refractivity contribution >= 4 is 17.9 Å². The van der Waals surface area contributed by atoms with Gasteiger partial charge in [0.05, 0.1) is 6.61 Å². The fraction of sp³-hybridized carbons (Fsp3) is 0.278.